The Labute approximate surface area is 180 Å². The summed E-state index contributed by atoms with van der Waals surface area (Å²) in [5.41, 5.74) is 2.98. The molecule has 0 spiro atoms. The van der Waals surface area contributed by atoms with Gasteiger partial charge in [-0.15, -0.1) is 11.3 Å². The summed E-state index contributed by atoms with van der Waals surface area (Å²) in [6, 6.07) is 15.4. The molecule has 0 aliphatic heterocycles. The number of carbonyl (C=O) groups is 1. The first kappa shape index (κ1) is 20.3. The molecule has 1 amide bonds. The molecule has 0 aliphatic carbocycles. The summed E-state index contributed by atoms with van der Waals surface area (Å²) in [6.07, 6.45) is 0. The van der Waals surface area contributed by atoms with Crippen molar-refractivity contribution in [3.05, 3.63) is 76.1 Å². The van der Waals surface area contributed by atoms with Gasteiger partial charge in [-0.25, -0.2) is 9.37 Å². The van der Waals surface area contributed by atoms with E-state index in [9.17, 15) is 14.0 Å². The summed E-state index contributed by atoms with van der Waals surface area (Å²) in [7, 11) is 0. The second-order valence-corrected chi connectivity index (χ2v) is 8.30. The van der Waals surface area contributed by atoms with E-state index in [2.05, 4.69) is 5.32 Å². The van der Waals surface area contributed by atoms with E-state index in [1.54, 1.807) is 4.57 Å². The lowest BCUT2D eigenvalue weighted by Crippen LogP contribution is -2.22. The fourth-order valence-corrected chi connectivity index (χ4v) is 4.87. The van der Waals surface area contributed by atoms with E-state index in [0.717, 1.165) is 11.1 Å². The first-order chi connectivity index (χ1) is 14.6. The van der Waals surface area contributed by atoms with Crippen LogP contribution in [0.5, 0.6) is 0 Å². The maximum Gasteiger partial charge on any atom is 0.272 e. The van der Waals surface area contributed by atoms with Gasteiger partial charge in [-0.05, 0) is 36.8 Å². The van der Waals surface area contributed by atoms with Gasteiger partial charge < -0.3 is 5.32 Å². The van der Waals surface area contributed by atoms with Crippen LogP contribution in [0.1, 0.15) is 6.92 Å². The van der Waals surface area contributed by atoms with E-state index in [0.29, 0.717) is 27.6 Å². The number of hydrogen-bond donors (Lipinski definition) is 1. The molecule has 0 saturated carbocycles. The Kier molecular flexibility index (Phi) is 5.96. The number of benzene rings is 2. The molecule has 2 aromatic heterocycles. The van der Waals surface area contributed by atoms with Crippen LogP contribution < -0.4 is 10.9 Å². The number of rotatable bonds is 6. The first-order valence-electron chi connectivity index (χ1n) is 9.32. The molecule has 30 heavy (non-hydrogen) atoms. The molecule has 8 heteroatoms. The third kappa shape index (κ3) is 4.15. The van der Waals surface area contributed by atoms with Crippen molar-refractivity contribution in [2.75, 3.05) is 11.1 Å². The van der Waals surface area contributed by atoms with Crippen LogP contribution in [0.2, 0.25) is 0 Å². The number of amides is 1. The molecule has 0 bridgehead atoms. The highest BCUT2D eigenvalue weighted by Crippen LogP contribution is 2.32. The number of aromatic nitrogens is 2. The minimum atomic E-state index is -0.364. The molecule has 4 rings (SSSR count). The molecule has 0 unspecified atom stereocenters. The lowest BCUT2D eigenvalue weighted by atomic mass is 10.1. The number of thiophene rings is 1. The Morgan fingerprint density at radius 3 is 2.60 bits per heavy atom. The van der Waals surface area contributed by atoms with E-state index >= 15 is 0 Å². The SMILES string of the molecule is CCn1c(SCC(=O)Nc2ccc(F)cc2)nc2c(-c3ccccc3)csc2c1=O. The number of halogens is 1. The van der Waals surface area contributed by atoms with Crippen LogP contribution in [-0.2, 0) is 11.3 Å². The molecule has 0 fully saturated rings. The van der Waals surface area contributed by atoms with Crippen LogP contribution in [0, 0.1) is 5.82 Å². The second kappa shape index (κ2) is 8.81. The standard InChI is InChI=1S/C22H18FN3O2S2/c1-2-26-21(28)20-19(17(12-29-20)14-6-4-3-5-7-14)25-22(26)30-13-18(27)24-16-10-8-15(23)9-11-16/h3-12H,2,13H2,1H3,(H,24,27). The van der Waals surface area contributed by atoms with Crippen LogP contribution >= 0.6 is 23.1 Å². The summed E-state index contributed by atoms with van der Waals surface area (Å²) >= 11 is 2.59. The number of anilines is 1. The Morgan fingerprint density at radius 2 is 1.90 bits per heavy atom. The van der Waals surface area contributed by atoms with Crippen LogP contribution in [-0.4, -0.2) is 21.2 Å². The number of hydrogen-bond acceptors (Lipinski definition) is 5. The van der Waals surface area contributed by atoms with Crippen molar-refractivity contribution in [1.82, 2.24) is 9.55 Å². The van der Waals surface area contributed by atoms with Crippen molar-refractivity contribution < 1.29 is 9.18 Å². The van der Waals surface area contributed by atoms with Gasteiger partial charge in [0.05, 0.1) is 11.3 Å². The van der Waals surface area contributed by atoms with Crippen LogP contribution in [0.25, 0.3) is 21.3 Å². The first-order valence-corrected chi connectivity index (χ1v) is 11.2. The fourth-order valence-electron chi connectivity index (χ4n) is 3.05. The van der Waals surface area contributed by atoms with Gasteiger partial charge in [0.1, 0.15) is 10.5 Å². The molecule has 0 radical (unpaired) electrons. The van der Waals surface area contributed by atoms with Gasteiger partial charge >= 0.3 is 0 Å². The summed E-state index contributed by atoms with van der Waals surface area (Å²) in [5, 5.41) is 5.17. The van der Waals surface area contributed by atoms with E-state index < -0.39 is 0 Å². The highest BCUT2D eigenvalue weighted by Gasteiger charge is 2.17. The average Bonchev–Trinajstić information content (AvgIpc) is 3.19. The predicted molar refractivity (Wildman–Crippen MR) is 121 cm³/mol. The van der Waals surface area contributed by atoms with Gasteiger partial charge in [-0.2, -0.15) is 0 Å². The third-order valence-electron chi connectivity index (χ3n) is 4.50. The van der Waals surface area contributed by atoms with E-state index in [1.807, 2.05) is 42.6 Å². The van der Waals surface area contributed by atoms with Crippen molar-refractivity contribution in [2.45, 2.75) is 18.6 Å². The minimum absolute atomic E-state index is 0.0835. The zero-order valence-corrected chi connectivity index (χ0v) is 17.7. The molecule has 4 aromatic rings. The maximum atomic E-state index is 13.0. The Hall–Kier alpha value is -2.97. The zero-order valence-electron chi connectivity index (χ0n) is 16.1. The molecule has 0 aliphatic rings. The van der Waals surface area contributed by atoms with Gasteiger partial charge in [0.15, 0.2) is 5.16 Å². The largest absolute Gasteiger partial charge is 0.325 e. The van der Waals surface area contributed by atoms with Crippen molar-refractivity contribution in [1.29, 1.82) is 0 Å². The minimum Gasteiger partial charge on any atom is -0.325 e. The quantitative estimate of drug-likeness (QED) is 0.339. The Balaban J connectivity index is 1.62. The average molecular weight is 440 g/mol. The Morgan fingerprint density at radius 1 is 1.17 bits per heavy atom. The van der Waals surface area contributed by atoms with Gasteiger partial charge in [0.2, 0.25) is 5.91 Å². The van der Waals surface area contributed by atoms with Gasteiger partial charge in [0, 0.05) is 23.2 Å². The smallest absolute Gasteiger partial charge is 0.272 e. The molecule has 0 atom stereocenters. The summed E-state index contributed by atoms with van der Waals surface area (Å²) in [5.74, 6) is -0.533. The molecule has 0 saturated heterocycles. The molecular weight excluding hydrogens is 421 g/mol. The third-order valence-corrected chi connectivity index (χ3v) is 6.44. The topological polar surface area (TPSA) is 64.0 Å². The van der Waals surface area contributed by atoms with Gasteiger partial charge in [-0.1, -0.05) is 42.1 Å². The van der Waals surface area contributed by atoms with Crippen molar-refractivity contribution in [3.63, 3.8) is 0 Å². The number of thioether (sulfide) groups is 1. The Bertz CT molecular complexity index is 1250. The highest BCUT2D eigenvalue weighted by molar-refractivity contribution is 7.99. The molecule has 2 aromatic carbocycles. The van der Waals surface area contributed by atoms with Gasteiger partial charge in [0.25, 0.3) is 5.56 Å². The zero-order chi connectivity index (χ0) is 21.1. The van der Waals surface area contributed by atoms with E-state index in [1.165, 1.54) is 47.4 Å². The molecule has 2 heterocycles. The lowest BCUT2D eigenvalue weighted by Gasteiger charge is -2.11. The number of nitrogens with zero attached hydrogens (tertiary/aromatic N) is 2. The van der Waals surface area contributed by atoms with Crippen LogP contribution in [0.4, 0.5) is 10.1 Å². The normalized spacial score (nSPS) is 11.0. The van der Waals surface area contributed by atoms with Crippen LogP contribution in [0.15, 0.2) is 69.9 Å². The monoisotopic (exact) mass is 439 g/mol. The van der Waals surface area contributed by atoms with Crippen molar-refractivity contribution >= 4 is 44.9 Å². The number of nitrogens with one attached hydrogen (secondary N) is 1. The maximum absolute atomic E-state index is 13.0. The lowest BCUT2D eigenvalue weighted by molar-refractivity contribution is -0.113. The van der Waals surface area contributed by atoms with Crippen molar-refractivity contribution in [3.8, 4) is 11.1 Å². The summed E-state index contributed by atoms with van der Waals surface area (Å²) < 4.78 is 15.2. The predicted octanol–water partition coefficient (Wildman–Crippen LogP) is 5.01. The van der Waals surface area contributed by atoms with Gasteiger partial charge in [-0.3, -0.25) is 14.2 Å². The number of fused-ring (bicyclic) bond motifs is 1. The van der Waals surface area contributed by atoms with Crippen LogP contribution in [0.3, 0.4) is 0 Å². The number of carbonyl (C=O) groups excluding carboxylic acids is 1. The molecular formula is C22H18FN3O2S2. The van der Waals surface area contributed by atoms with E-state index in [-0.39, 0.29) is 23.0 Å². The highest BCUT2D eigenvalue weighted by atomic mass is 32.2. The molecule has 1 N–H and O–H groups in total. The summed E-state index contributed by atoms with van der Waals surface area (Å²) in [4.78, 5) is 30.0. The molecule has 5 nitrogen and oxygen atoms in total. The fraction of sp³-hybridized carbons (Fsp3) is 0.136. The van der Waals surface area contributed by atoms with E-state index in [4.69, 9.17) is 4.98 Å². The second-order valence-electron chi connectivity index (χ2n) is 6.48. The van der Waals surface area contributed by atoms with Crippen molar-refractivity contribution in [2.24, 2.45) is 0 Å². The summed E-state index contributed by atoms with van der Waals surface area (Å²) in [6.45, 7) is 2.34. The molecule has 152 valence electrons.